The summed E-state index contributed by atoms with van der Waals surface area (Å²) in [5.74, 6) is 0.918. The zero-order valence-electron chi connectivity index (χ0n) is 15.7. The number of alkyl halides is 3. The minimum Gasteiger partial charge on any atom is -0.486 e. The summed E-state index contributed by atoms with van der Waals surface area (Å²) in [6.45, 7) is 1.73. The molecule has 0 spiro atoms. The van der Waals surface area contributed by atoms with Crippen molar-refractivity contribution in [3.8, 4) is 11.5 Å². The van der Waals surface area contributed by atoms with Crippen LogP contribution in [0.2, 0.25) is 0 Å². The van der Waals surface area contributed by atoms with Gasteiger partial charge in [0.2, 0.25) is 5.91 Å². The topological polar surface area (TPSA) is 50.8 Å². The van der Waals surface area contributed by atoms with Crippen LogP contribution < -0.4 is 14.8 Å². The van der Waals surface area contributed by atoms with Crippen molar-refractivity contribution in [1.82, 2.24) is 4.90 Å². The molecule has 1 amide bonds. The maximum absolute atomic E-state index is 13.1. The number of likely N-dealkylation sites (tertiary alicyclic amines) is 1. The first-order chi connectivity index (χ1) is 13.9. The number of nitrogens with zero attached hydrogens (tertiary/aromatic N) is 1. The fraction of sp³-hybridized carbons (Fsp3) is 0.381. The number of benzene rings is 2. The largest absolute Gasteiger partial charge is 0.486 e. The Morgan fingerprint density at radius 2 is 1.86 bits per heavy atom. The van der Waals surface area contributed by atoms with Gasteiger partial charge < -0.3 is 14.8 Å². The van der Waals surface area contributed by atoms with Crippen LogP contribution in [0.5, 0.6) is 11.5 Å². The molecule has 8 heteroatoms. The summed E-state index contributed by atoms with van der Waals surface area (Å²) in [5.41, 5.74) is -0.0616. The lowest BCUT2D eigenvalue weighted by Gasteiger charge is -2.26. The highest BCUT2D eigenvalue weighted by Crippen LogP contribution is 2.38. The van der Waals surface area contributed by atoms with E-state index in [1.54, 1.807) is 0 Å². The van der Waals surface area contributed by atoms with Crippen LogP contribution in [0.3, 0.4) is 0 Å². The predicted octanol–water partition coefficient (Wildman–Crippen LogP) is 4.25. The summed E-state index contributed by atoms with van der Waals surface area (Å²) in [5, 5.41) is 2.42. The van der Waals surface area contributed by atoms with E-state index in [1.807, 2.05) is 23.1 Å². The van der Waals surface area contributed by atoms with Gasteiger partial charge >= 0.3 is 6.18 Å². The second-order valence-electron chi connectivity index (χ2n) is 7.12. The molecule has 0 saturated carbocycles. The van der Waals surface area contributed by atoms with E-state index in [-0.39, 0.29) is 18.3 Å². The number of amides is 1. The van der Waals surface area contributed by atoms with Crippen LogP contribution in [0.25, 0.3) is 0 Å². The molecule has 0 radical (unpaired) electrons. The first-order valence-corrected chi connectivity index (χ1v) is 9.51. The van der Waals surface area contributed by atoms with Crippen LogP contribution in [0.4, 0.5) is 18.9 Å². The van der Waals surface area contributed by atoms with Crippen molar-refractivity contribution in [2.45, 2.75) is 25.1 Å². The molecule has 5 nitrogen and oxygen atoms in total. The molecule has 2 aromatic carbocycles. The number of hydrogen-bond acceptors (Lipinski definition) is 4. The van der Waals surface area contributed by atoms with Crippen molar-refractivity contribution in [2.75, 3.05) is 31.6 Å². The third-order valence-corrected chi connectivity index (χ3v) is 5.17. The number of para-hydroxylation sites is 1. The molecule has 4 rings (SSSR count). The van der Waals surface area contributed by atoms with Crippen LogP contribution in [0, 0.1) is 0 Å². The van der Waals surface area contributed by atoms with Crippen molar-refractivity contribution in [3.63, 3.8) is 0 Å². The maximum atomic E-state index is 13.1. The molecule has 1 fully saturated rings. The first kappa shape index (κ1) is 19.6. The van der Waals surface area contributed by atoms with Crippen molar-refractivity contribution in [3.05, 3.63) is 53.6 Å². The zero-order valence-corrected chi connectivity index (χ0v) is 15.7. The zero-order chi connectivity index (χ0) is 20.4. The smallest absolute Gasteiger partial charge is 0.418 e. The molecular weight excluding hydrogens is 385 g/mol. The van der Waals surface area contributed by atoms with Gasteiger partial charge in [-0.1, -0.05) is 18.2 Å². The minimum atomic E-state index is -4.52. The normalized spacial score (nSPS) is 19.2. The SMILES string of the molecule is O=C(CN1CCC[C@H]1c1ccc2c(c1)OCCO2)Nc1ccccc1C(F)(F)F. The number of hydrogen-bond donors (Lipinski definition) is 1. The highest BCUT2D eigenvalue weighted by molar-refractivity contribution is 5.93. The van der Waals surface area contributed by atoms with Gasteiger partial charge in [-0.15, -0.1) is 0 Å². The molecule has 1 saturated heterocycles. The molecular formula is C21H21F3N2O3. The number of carbonyl (C=O) groups is 1. The summed E-state index contributed by atoms with van der Waals surface area (Å²) < 4.78 is 50.6. The lowest BCUT2D eigenvalue weighted by Crippen LogP contribution is -2.33. The van der Waals surface area contributed by atoms with Crippen LogP contribution in [0.15, 0.2) is 42.5 Å². The van der Waals surface area contributed by atoms with E-state index in [9.17, 15) is 18.0 Å². The van der Waals surface area contributed by atoms with E-state index >= 15 is 0 Å². The van der Waals surface area contributed by atoms with Gasteiger partial charge in [-0.3, -0.25) is 9.69 Å². The van der Waals surface area contributed by atoms with Gasteiger partial charge in [-0.05, 0) is 49.2 Å². The van der Waals surface area contributed by atoms with Gasteiger partial charge in [0, 0.05) is 6.04 Å². The predicted molar refractivity (Wildman–Crippen MR) is 101 cm³/mol. The molecule has 0 bridgehead atoms. The highest BCUT2D eigenvalue weighted by atomic mass is 19.4. The van der Waals surface area contributed by atoms with Gasteiger partial charge in [0.25, 0.3) is 0 Å². The van der Waals surface area contributed by atoms with Gasteiger partial charge in [-0.2, -0.15) is 13.2 Å². The first-order valence-electron chi connectivity index (χ1n) is 9.51. The number of fused-ring (bicyclic) bond motifs is 1. The van der Waals surface area contributed by atoms with E-state index in [4.69, 9.17) is 9.47 Å². The number of rotatable bonds is 4. The Labute approximate surface area is 166 Å². The molecule has 0 unspecified atom stereocenters. The van der Waals surface area contributed by atoms with Crippen LogP contribution >= 0.6 is 0 Å². The summed E-state index contributed by atoms with van der Waals surface area (Å²) in [6.07, 6.45) is -2.75. The number of carbonyl (C=O) groups excluding carboxylic acids is 1. The Morgan fingerprint density at radius 3 is 2.66 bits per heavy atom. The lowest BCUT2D eigenvalue weighted by atomic mass is 10.0. The number of ether oxygens (including phenoxy) is 2. The Balaban J connectivity index is 1.46. The van der Waals surface area contributed by atoms with Crippen LogP contribution in [-0.2, 0) is 11.0 Å². The Morgan fingerprint density at radius 1 is 1.10 bits per heavy atom. The van der Waals surface area contributed by atoms with E-state index in [0.29, 0.717) is 31.3 Å². The van der Waals surface area contributed by atoms with Crippen molar-refractivity contribution >= 4 is 11.6 Å². The monoisotopic (exact) mass is 406 g/mol. The summed E-state index contributed by atoms with van der Waals surface area (Å²) in [7, 11) is 0. The van der Waals surface area contributed by atoms with E-state index in [0.717, 1.165) is 24.5 Å². The third kappa shape index (κ3) is 4.32. The second-order valence-corrected chi connectivity index (χ2v) is 7.12. The molecule has 2 aliphatic rings. The van der Waals surface area contributed by atoms with Gasteiger partial charge in [-0.25, -0.2) is 0 Å². The lowest BCUT2D eigenvalue weighted by molar-refractivity contribution is -0.137. The number of nitrogens with one attached hydrogen (secondary N) is 1. The third-order valence-electron chi connectivity index (χ3n) is 5.17. The Bertz CT molecular complexity index is 901. The number of halogens is 3. The molecule has 2 aliphatic heterocycles. The molecule has 1 atom stereocenters. The van der Waals surface area contributed by atoms with Crippen molar-refractivity contribution < 1.29 is 27.4 Å². The van der Waals surface area contributed by atoms with Gasteiger partial charge in [0.15, 0.2) is 11.5 Å². The minimum absolute atomic E-state index is 0.00874. The summed E-state index contributed by atoms with van der Waals surface area (Å²) in [4.78, 5) is 14.5. The van der Waals surface area contributed by atoms with E-state index in [1.165, 1.54) is 18.2 Å². The average molecular weight is 406 g/mol. The molecule has 1 N–H and O–H groups in total. The molecule has 2 aromatic rings. The molecule has 29 heavy (non-hydrogen) atoms. The standard InChI is InChI=1S/C21H21F3N2O3/c22-21(23,24)15-4-1-2-5-16(15)25-20(27)13-26-9-3-6-17(26)14-7-8-18-19(12-14)29-11-10-28-18/h1-2,4-5,7-8,12,17H,3,6,9-11,13H2,(H,25,27)/t17-/m0/s1. The fourth-order valence-corrected chi connectivity index (χ4v) is 3.87. The van der Waals surface area contributed by atoms with Crippen LogP contribution in [-0.4, -0.2) is 37.1 Å². The van der Waals surface area contributed by atoms with Gasteiger partial charge in [0.1, 0.15) is 13.2 Å². The van der Waals surface area contributed by atoms with Crippen molar-refractivity contribution in [2.24, 2.45) is 0 Å². The second kappa shape index (κ2) is 7.94. The molecule has 0 aliphatic carbocycles. The molecule has 2 heterocycles. The van der Waals surface area contributed by atoms with Crippen molar-refractivity contribution in [1.29, 1.82) is 0 Å². The summed E-state index contributed by atoms with van der Waals surface area (Å²) in [6, 6.07) is 10.7. The fourth-order valence-electron chi connectivity index (χ4n) is 3.87. The quantitative estimate of drug-likeness (QED) is 0.825. The van der Waals surface area contributed by atoms with Crippen LogP contribution in [0.1, 0.15) is 30.0 Å². The summed E-state index contributed by atoms with van der Waals surface area (Å²) >= 11 is 0. The Hall–Kier alpha value is -2.74. The molecule has 154 valence electrons. The Kier molecular flexibility index (Phi) is 5.36. The van der Waals surface area contributed by atoms with Gasteiger partial charge in [0.05, 0.1) is 17.8 Å². The molecule has 0 aromatic heterocycles. The average Bonchev–Trinajstić information content (AvgIpc) is 3.15. The number of anilines is 1. The highest BCUT2D eigenvalue weighted by Gasteiger charge is 2.34. The van der Waals surface area contributed by atoms with E-state index in [2.05, 4.69) is 5.32 Å². The van der Waals surface area contributed by atoms with E-state index < -0.39 is 17.6 Å². The maximum Gasteiger partial charge on any atom is 0.418 e.